The van der Waals surface area contributed by atoms with Gasteiger partial charge in [0.1, 0.15) is 0 Å². The van der Waals surface area contributed by atoms with Crippen molar-refractivity contribution in [2.24, 2.45) is 0 Å². The van der Waals surface area contributed by atoms with Crippen LogP contribution in [0.25, 0.3) is 0 Å². The predicted molar refractivity (Wildman–Crippen MR) is 102 cm³/mol. The van der Waals surface area contributed by atoms with Crippen LogP contribution in [0.2, 0.25) is 13.3 Å². The summed E-state index contributed by atoms with van der Waals surface area (Å²) in [4.78, 5) is 25.4. The second-order valence-corrected chi connectivity index (χ2v) is 20.2. The SMILES string of the molecule is CCC[CH2][Sn]([CH2]CCC)([CH2]CCC)[N]1C(=O)C(Br)=C(Br)C1=O. The number of imide groups is 1. The van der Waals surface area contributed by atoms with Crippen molar-refractivity contribution in [1.29, 1.82) is 0 Å². The number of hydrogen-bond acceptors (Lipinski definition) is 2. The van der Waals surface area contributed by atoms with Crippen LogP contribution in [0.4, 0.5) is 0 Å². The minimum absolute atomic E-state index is 0.0871. The number of carbonyl (C=O) groups is 2. The molecule has 6 heteroatoms. The van der Waals surface area contributed by atoms with Crippen molar-refractivity contribution >= 4 is 62.3 Å². The van der Waals surface area contributed by atoms with Gasteiger partial charge in [-0.2, -0.15) is 0 Å². The molecule has 1 aliphatic heterocycles. The molecular weight excluding hydrogens is 517 g/mol. The molecule has 1 rings (SSSR count). The summed E-state index contributed by atoms with van der Waals surface area (Å²) in [7, 11) is 0. The maximum atomic E-state index is 12.7. The van der Waals surface area contributed by atoms with Crippen LogP contribution in [0, 0.1) is 0 Å². The number of hydrogen-bond donors (Lipinski definition) is 0. The average molecular weight is 544 g/mol. The molecule has 3 nitrogen and oxygen atoms in total. The molecule has 0 radical (unpaired) electrons. The van der Waals surface area contributed by atoms with Gasteiger partial charge in [0.2, 0.25) is 0 Å². The molecule has 0 aromatic carbocycles. The van der Waals surface area contributed by atoms with Gasteiger partial charge in [0.15, 0.2) is 0 Å². The van der Waals surface area contributed by atoms with Crippen LogP contribution in [0.3, 0.4) is 0 Å². The molecule has 1 heterocycles. The molecule has 0 N–H and O–H groups in total. The first-order valence-corrected chi connectivity index (χ1v) is 17.3. The number of halogens is 2. The monoisotopic (exact) mass is 543 g/mol. The Hall–Kier alpha value is 0.639. The number of carbonyl (C=O) groups excluding carboxylic acids is 2. The molecule has 0 atom stereocenters. The minimum atomic E-state index is -3.01. The van der Waals surface area contributed by atoms with Crippen LogP contribution in [-0.2, 0) is 9.59 Å². The fourth-order valence-electron chi connectivity index (χ4n) is 3.14. The van der Waals surface area contributed by atoms with E-state index in [4.69, 9.17) is 0 Å². The van der Waals surface area contributed by atoms with Crippen molar-refractivity contribution in [2.75, 3.05) is 0 Å². The van der Waals surface area contributed by atoms with Crippen molar-refractivity contribution in [3.05, 3.63) is 8.96 Å². The predicted octanol–water partition coefficient (Wildman–Crippen LogP) is 5.70. The van der Waals surface area contributed by atoms with Crippen molar-refractivity contribution < 1.29 is 9.59 Å². The molecular formula is C16H27Br2NO2Sn. The van der Waals surface area contributed by atoms with E-state index in [2.05, 4.69) is 52.6 Å². The number of nitrogens with zero attached hydrogens (tertiary/aromatic N) is 1. The Balaban J connectivity index is 3.16. The molecule has 0 saturated carbocycles. The van der Waals surface area contributed by atoms with Crippen molar-refractivity contribution in [3.8, 4) is 0 Å². The van der Waals surface area contributed by atoms with Crippen molar-refractivity contribution in [1.82, 2.24) is 3.12 Å². The average Bonchev–Trinajstić information content (AvgIpc) is 2.71. The maximum absolute atomic E-state index is 12.7. The van der Waals surface area contributed by atoms with E-state index in [0.717, 1.165) is 51.8 Å². The Kier molecular flexibility index (Phi) is 9.23. The summed E-state index contributed by atoms with van der Waals surface area (Å²) in [5, 5.41) is 0. The molecule has 0 fully saturated rings. The normalized spacial score (nSPS) is 16.1. The summed E-state index contributed by atoms with van der Waals surface area (Å²) >= 11 is 3.59. The molecule has 1 aliphatic rings. The molecule has 0 aromatic rings. The van der Waals surface area contributed by atoms with Gasteiger partial charge in [0, 0.05) is 0 Å². The first-order valence-electron chi connectivity index (χ1n) is 8.39. The van der Waals surface area contributed by atoms with Gasteiger partial charge in [-0.3, -0.25) is 0 Å². The van der Waals surface area contributed by atoms with Crippen LogP contribution in [0.1, 0.15) is 59.3 Å². The van der Waals surface area contributed by atoms with E-state index in [1.165, 1.54) is 0 Å². The fourth-order valence-corrected chi connectivity index (χ4v) is 20.6. The summed E-state index contributed by atoms with van der Waals surface area (Å²) in [5.74, 6) is -0.174. The van der Waals surface area contributed by atoms with E-state index < -0.39 is 18.7 Å². The zero-order chi connectivity index (χ0) is 16.8. The standard InChI is InChI=1S/C4HBr2NO2.3C4H9.Sn/c5-1-2(6)4(9)7-3(1)8;3*1-3-4-2;/h(H,7,8,9);3*1,3-4H2,2H3;/q;;;;+1/p-1. The van der Waals surface area contributed by atoms with Crippen molar-refractivity contribution in [2.45, 2.75) is 72.6 Å². The van der Waals surface area contributed by atoms with E-state index in [-0.39, 0.29) is 11.8 Å². The van der Waals surface area contributed by atoms with Crippen LogP contribution < -0.4 is 0 Å². The van der Waals surface area contributed by atoms with Crippen LogP contribution in [-0.4, -0.2) is 33.6 Å². The van der Waals surface area contributed by atoms with E-state index in [0.29, 0.717) is 8.96 Å². The second-order valence-electron chi connectivity index (χ2n) is 6.11. The summed E-state index contributed by atoms with van der Waals surface area (Å²) in [6, 6.07) is 0. The molecule has 0 aromatic heterocycles. The van der Waals surface area contributed by atoms with E-state index in [9.17, 15) is 9.59 Å². The van der Waals surface area contributed by atoms with E-state index >= 15 is 0 Å². The van der Waals surface area contributed by atoms with Gasteiger partial charge in [-0.05, 0) is 0 Å². The van der Waals surface area contributed by atoms with Gasteiger partial charge in [0.25, 0.3) is 0 Å². The summed E-state index contributed by atoms with van der Waals surface area (Å²) in [5.41, 5.74) is 0. The van der Waals surface area contributed by atoms with Crippen molar-refractivity contribution in [3.63, 3.8) is 0 Å². The quantitative estimate of drug-likeness (QED) is 0.262. The Morgan fingerprint density at radius 2 is 1.09 bits per heavy atom. The summed E-state index contributed by atoms with van der Waals surface area (Å²) in [6.45, 7) is 6.57. The molecule has 0 spiro atoms. The fraction of sp³-hybridized carbons (Fsp3) is 0.750. The third-order valence-electron chi connectivity index (χ3n) is 4.44. The number of unbranched alkanes of at least 4 members (excludes halogenated alkanes) is 3. The third kappa shape index (κ3) is 4.59. The van der Waals surface area contributed by atoms with Gasteiger partial charge < -0.3 is 0 Å². The Morgan fingerprint density at radius 3 is 1.36 bits per heavy atom. The number of rotatable bonds is 10. The van der Waals surface area contributed by atoms with Crippen LogP contribution in [0.5, 0.6) is 0 Å². The molecule has 126 valence electrons. The van der Waals surface area contributed by atoms with Crippen LogP contribution >= 0.6 is 31.9 Å². The molecule has 0 bridgehead atoms. The van der Waals surface area contributed by atoms with Gasteiger partial charge in [-0.25, -0.2) is 0 Å². The molecule has 22 heavy (non-hydrogen) atoms. The third-order valence-corrected chi connectivity index (χ3v) is 21.3. The number of amides is 2. The zero-order valence-electron chi connectivity index (χ0n) is 13.9. The Morgan fingerprint density at radius 1 is 0.773 bits per heavy atom. The van der Waals surface area contributed by atoms with Gasteiger partial charge in [-0.15, -0.1) is 0 Å². The first kappa shape index (κ1) is 20.7. The summed E-state index contributed by atoms with van der Waals surface area (Å²) in [6.07, 6.45) is 6.79. The zero-order valence-corrected chi connectivity index (χ0v) is 19.9. The Labute approximate surface area is 155 Å². The molecule has 0 aliphatic carbocycles. The van der Waals surface area contributed by atoms with Gasteiger partial charge >= 0.3 is 157 Å². The summed E-state index contributed by atoms with van der Waals surface area (Å²) < 4.78 is 5.94. The van der Waals surface area contributed by atoms with Gasteiger partial charge in [0.05, 0.1) is 0 Å². The molecule has 0 unspecified atom stereocenters. The van der Waals surface area contributed by atoms with E-state index in [1.807, 2.05) is 0 Å². The molecule has 0 saturated heterocycles. The topological polar surface area (TPSA) is 37.4 Å². The van der Waals surface area contributed by atoms with Gasteiger partial charge in [-0.1, -0.05) is 0 Å². The molecule has 2 amide bonds. The Bertz CT molecular complexity index is 406. The second kappa shape index (κ2) is 9.82. The van der Waals surface area contributed by atoms with Crippen LogP contribution in [0.15, 0.2) is 8.96 Å². The van der Waals surface area contributed by atoms with E-state index in [1.54, 1.807) is 3.12 Å². The first-order chi connectivity index (χ1) is 10.4.